The van der Waals surface area contributed by atoms with Gasteiger partial charge >= 0.3 is 0 Å². The summed E-state index contributed by atoms with van der Waals surface area (Å²) < 4.78 is 5.80. The molecule has 1 fully saturated rings. The van der Waals surface area contributed by atoms with Crippen molar-refractivity contribution in [2.75, 3.05) is 24.6 Å². The molecule has 114 valence electrons. The first-order chi connectivity index (χ1) is 10.6. The minimum Gasteiger partial charge on any atom is -0.370 e. The van der Waals surface area contributed by atoms with E-state index in [2.05, 4.69) is 4.98 Å². The molecule has 0 N–H and O–H groups in total. The molecule has 1 atom stereocenters. The molecule has 0 saturated carbocycles. The summed E-state index contributed by atoms with van der Waals surface area (Å²) in [5, 5.41) is 11.4. The van der Waals surface area contributed by atoms with Crippen molar-refractivity contribution in [3.63, 3.8) is 0 Å². The van der Waals surface area contributed by atoms with E-state index < -0.39 is 4.92 Å². The summed E-state index contributed by atoms with van der Waals surface area (Å²) in [4.78, 5) is 16.4. The zero-order valence-corrected chi connectivity index (χ0v) is 12.4. The summed E-state index contributed by atoms with van der Waals surface area (Å²) in [6.07, 6.45) is 1.13. The highest BCUT2D eigenvalue weighted by Gasteiger charge is 2.24. The number of rotatable bonds is 3. The smallest absolute Gasteiger partial charge is 0.287 e. The Bertz CT molecular complexity index is 678. The molecule has 6 nitrogen and oxygen atoms in total. The van der Waals surface area contributed by atoms with Crippen molar-refractivity contribution in [1.82, 2.24) is 4.98 Å². The van der Waals surface area contributed by atoms with Gasteiger partial charge in [0.25, 0.3) is 5.69 Å². The van der Waals surface area contributed by atoms with E-state index in [4.69, 9.17) is 16.3 Å². The standard InChI is InChI=1S/C15H14ClN3O3/c16-13-4-2-1-3-12(13)14-10-18(7-8-22-14)15-6-5-11(9-17-15)19(20)21/h1-6,9,14H,7-8,10H2/t14-/m0/s1. The van der Waals surface area contributed by atoms with Crippen LogP contribution in [0.25, 0.3) is 0 Å². The third-order valence-electron chi connectivity index (χ3n) is 3.59. The number of nitrogens with zero attached hydrogens (tertiary/aromatic N) is 3. The predicted molar refractivity (Wildman–Crippen MR) is 83.2 cm³/mol. The summed E-state index contributed by atoms with van der Waals surface area (Å²) in [6, 6.07) is 10.7. The Morgan fingerprint density at radius 1 is 1.32 bits per heavy atom. The number of hydrogen-bond acceptors (Lipinski definition) is 5. The van der Waals surface area contributed by atoms with E-state index in [0.29, 0.717) is 30.5 Å². The van der Waals surface area contributed by atoms with Gasteiger partial charge in [-0.15, -0.1) is 0 Å². The maximum Gasteiger partial charge on any atom is 0.287 e. The minimum atomic E-state index is -0.456. The van der Waals surface area contributed by atoms with Gasteiger partial charge in [0.15, 0.2) is 0 Å². The van der Waals surface area contributed by atoms with Crippen LogP contribution in [0.4, 0.5) is 11.5 Å². The van der Waals surface area contributed by atoms with E-state index >= 15 is 0 Å². The van der Waals surface area contributed by atoms with Crippen LogP contribution in [-0.4, -0.2) is 29.6 Å². The molecule has 2 heterocycles. The Morgan fingerprint density at radius 2 is 2.14 bits per heavy atom. The van der Waals surface area contributed by atoms with Gasteiger partial charge in [-0.05, 0) is 12.1 Å². The predicted octanol–water partition coefficient (Wildman–Crippen LogP) is 3.22. The Labute approximate surface area is 132 Å². The fraction of sp³-hybridized carbons (Fsp3) is 0.267. The second-order valence-electron chi connectivity index (χ2n) is 4.96. The van der Waals surface area contributed by atoms with E-state index in [0.717, 1.165) is 5.56 Å². The number of anilines is 1. The lowest BCUT2D eigenvalue weighted by molar-refractivity contribution is -0.385. The number of ether oxygens (including phenoxy) is 1. The van der Waals surface area contributed by atoms with Crippen molar-refractivity contribution >= 4 is 23.1 Å². The van der Waals surface area contributed by atoms with Crippen molar-refractivity contribution in [3.8, 4) is 0 Å². The van der Waals surface area contributed by atoms with Crippen LogP contribution in [0.2, 0.25) is 5.02 Å². The van der Waals surface area contributed by atoms with Gasteiger partial charge in [0, 0.05) is 29.7 Å². The Balaban J connectivity index is 1.78. The maximum absolute atomic E-state index is 10.7. The van der Waals surface area contributed by atoms with Crippen LogP contribution < -0.4 is 4.90 Å². The Morgan fingerprint density at radius 3 is 2.82 bits per heavy atom. The summed E-state index contributed by atoms with van der Waals surface area (Å²) in [5.41, 5.74) is 0.926. The first kappa shape index (κ1) is 14.7. The molecule has 0 aliphatic carbocycles. The lowest BCUT2D eigenvalue weighted by atomic mass is 10.1. The lowest BCUT2D eigenvalue weighted by Crippen LogP contribution is -2.38. The minimum absolute atomic E-state index is 0.0142. The first-order valence-electron chi connectivity index (χ1n) is 6.86. The van der Waals surface area contributed by atoms with Gasteiger partial charge in [0.1, 0.15) is 18.1 Å². The van der Waals surface area contributed by atoms with Crippen molar-refractivity contribution in [3.05, 3.63) is 63.3 Å². The number of aromatic nitrogens is 1. The van der Waals surface area contributed by atoms with Gasteiger partial charge in [-0.25, -0.2) is 4.98 Å². The van der Waals surface area contributed by atoms with Crippen molar-refractivity contribution < 1.29 is 9.66 Å². The lowest BCUT2D eigenvalue weighted by Gasteiger charge is -2.34. The second kappa shape index (κ2) is 6.29. The number of hydrogen-bond donors (Lipinski definition) is 0. The Kier molecular flexibility index (Phi) is 4.22. The molecule has 2 aromatic rings. The van der Waals surface area contributed by atoms with Crippen LogP contribution >= 0.6 is 11.6 Å². The molecule has 0 amide bonds. The molecule has 0 unspecified atom stereocenters. The van der Waals surface area contributed by atoms with E-state index in [-0.39, 0.29) is 11.8 Å². The van der Waals surface area contributed by atoms with E-state index in [1.54, 1.807) is 6.07 Å². The molecule has 1 aliphatic rings. The van der Waals surface area contributed by atoms with Gasteiger partial charge < -0.3 is 9.64 Å². The van der Waals surface area contributed by atoms with E-state index in [9.17, 15) is 10.1 Å². The van der Waals surface area contributed by atoms with Gasteiger partial charge in [-0.3, -0.25) is 10.1 Å². The van der Waals surface area contributed by atoms with E-state index in [1.165, 1.54) is 12.3 Å². The van der Waals surface area contributed by atoms with Crippen LogP contribution in [0.3, 0.4) is 0 Å². The molecule has 22 heavy (non-hydrogen) atoms. The van der Waals surface area contributed by atoms with Gasteiger partial charge in [0.05, 0.1) is 11.5 Å². The highest BCUT2D eigenvalue weighted by atomic mass is 35.5. The zero-order chi connectivity index (χ0) is 15.5. The van der Waals surface area contributed by atoms with Crippen LogP contribution in [0.5, 0.6) is 0 Å². The number of nitro groups is 1. The molecule has 1 aromatic heterocycles. The van der Waals surface area contributed by atoms with Crippen molar-refractivity contribution in [2.45, 2.75) is 6.10 Å². The highest BCUT2D eigenvalue weighted by molar-refractivity contribution is 6.31. The van der Waals surface area contributed by atoms with Crippen LogP contribution in [-0.2, 0) is 4.74 Å². The Hall–Kier alpha value is -2.18. The third-order valence-corrected chi connectivity index (χ3v) is 3.93. The molecule has 1 aliphatic heterocycles. The topological polar surface area (TPSA) is 68.5 Å². The third kappa shape index (κ3) is 3.03. The van der Waals surface area contributed by atoms with Crippen molar-refractivity contribution in [2.24, 2.45) is 0 Å². The van der Waals surface area contributed by atoms with Crippen molar-refractivity contribution in [1.29, 1.82) is 0 Å². The summed E-state index contributed by atoms with van der Waals surface area (Å²) in [6.45, 7) is 1.84. The largest absolute Gasteiger partial charge is 0.370 e. The van der Waals surface area contributed by atoms with Crippen LogP contribution in [0, 0.1) is 10.1 Å². The molecule has 1 saturated heterocycles. The highest BCUT2D eigenvalue weighted by Crippen LogP contribution is 2.30. The number of pyridine rings is 1. The second-order valence-corrected chi connectivity index (χ2v) is 5.37. The first-order valence-corrected chi connectivity index (χ1v) is 7.24. The van der Waals surface area contributed by atoms with Gasteiger partial charge in [-0.1, -0.05) is 29.8 Å². The average molecular weight is 320 g/mol. The number of benzene rings is 1. The molecule has 0 spiro atoms. The van der Waals surface area contributed by atoms with E-state index in [1.807, 2.05) is 29.2 Å². The molecule has 1 aromatic carbocycles. The average Bonchev–Trinajstić information content (AvgIpc) is 2.55. The summed E-state index contributed by atoms with van der Waals surface area (Å²) in [7, 11) is 0. The quantitative estimate of drug-likeness (QED) is 0.642. The van der Waals surface area contributed by atoms with Gasteiger partial charge in [0.2, 0.25) is 0 Å². The number of morpholine rings is 1. The fourth-order valence-electron chi connectivity index (χ4n) is 2.46. The number of halogens is 1. The summed E-state index contributed by atoms with van der Waals surface area (Å²) in [5.74, 6) is 0.700. The monoisotopic (exact) mass is 319 g/mol. The molecule has 0 bridgehead atoms. The maximum atomic E-state index is 10.7. The molecule has 7 heteroatoms. The fourth-order valence-corrected chi connectivity index (χ4v) is 2.71. The zero-order valence-electron chi connectivity index (χ0n) is 11.7. The van der Waals surface area contributed by atoms with Gasteiger partial charge in [-0.2, -0.15) is 0 Å². The molecule has 0 radical (unpaired) electrons. The SMILES string of the molecule is O=[N+]([O-])c1ccc(N2CCO[C@H](c3ccccc3Cl)C2)nc1. The molecular formula is C15H14ClN3O3. The van der Waals surface area contributed by atoms with Crippen LogP contribution in [0.1, 0.15) is 11.7 Å². The normalized spacial score (nSPS) is 18.2. The molecule has 3 rings (SSSR count). The molecular weight excluding hydrogens is 306 g/mol. The summed E-state index contributed by atoms with van der Waals surface area (Å²) >= 11 is 6.22. The van der Waals surface area contributed by atoms with Crippen LogP contribution in [0.15, 0.2) is 42.6 Å².